The first-order chi connectivity index (χ1) is 18.0. The average Bonchev–Trinajstić information content (AvgIpc) is 3.45. The Balaban J connectivity index is 1.67. The van der Waals surface area contributed by atoms with Crippen LogP contribution in [0.3, 0.4) is 0 Å². The summed E-state index contributed by atoms with van der Waals surface area (Å²) in [6, 6.07) is 13.7. The third kappa shape index (κ3) is 7.28. The summed E-state index contributed by atoms with van der Waals surface area (Å²) in [6.07, 6.45) is 4.66. The molecule has 9 heteroatoms. The Morgan fingerprint density at radius 1 is 1.22 bits per heavy atom. The number of aliphatic carboxylic acids is 1. The lowest BCUT2D eigenvalue weighted by Crippen LogP contribution is -2.41. The minimum absolute atomic E-state index is 0.0884. The number of rotatable bonds is 11. The largest absolute Gasteiger partial charge is 0.480 e. The first-order valence-electron chi connectivity index (χ1n) is 12.6. The highest BCUT2D eigenvalue weighted by molar-refractivity contribution is 8.24. The van der Waals surface area contributed by atoms with Crippen LogP contribution in [0.15, 0.2) is 47.5 Å². The summed E-state index contributed by atoms with van der Waals surface area (Å²) in [5.74, 6) is 1.68. The zero-order valence-electron chi connectivity index (χ0n) is 21.4. The highest BCUT2D eigenvalue weighted by atomic mass is 32.2. The molecule has 1 unspecified atom stereocenters. The topological polar surface area (TPSA) is 82.0 Å². The van der Waals surface area contributed by atoms with E-state index in [1.807, 2.05) is 61.3 Å². The van der Waals surface area contributed by atoms with Crippen molar-refractivity contribution < 1.29 is 14.7 Å². The number of carbonyl (C=O) groups is 2. The maximum Gasteiger partial charge on any atom is 0.326 e. The highest BCUT2D eigenvalue weighted by Crippen LogP contribution is 2.34. The molecule has 0 saturated carbocycles. The Morgan fingerprint density at radius 2 is 2.00 bits per heavy atom. The van der Waals surface area contributed by atoms with Crippen LogP contribution in [-0.2, 0) is 11.3 Å². The zero-order valence-corrected chi connectivity index (χ0v) is 23.8. The predicted molar refractivity (Wildman–Crippen MR) is 161 cm³/mol. The fourth-order valence-corrected chi connectivity index (χ4v) is 7.96. The highest BCUT2D eigenvalue weighted by Gasteiger charge is 2.26. The molecule has 6 nitrogen and oxygen atoms in total. The molecule has 1 fully saturated rings. The van der Waals surface area contributed by atoms with Gasteiger partial charge in [0, 0.05) is 18.2 Å². The lowest BCUT2D eigenvalue weighted by atomic mass is 9.93. The molecule has 1 amide bonds. The summed E-state index contributed by atoms with van der Waals surface area (Å²) in [5, 5.41) is 14.7. The van der Waals surface area contributed by atoms with Crippen LogP contribution >= 0.6 is 34.2 Å². The van der Waals surface area contributed by atoms with Gasteiger partial charge in [0.25, 0.3) is 5.91 Å². The van der Waals surface area contributed by atoms with Crippen molar-refractivity contribution >= 4 is 57.0 Å². The summed E-state index contributed by atoms with van der Waals surface area (Å²) < 4.78 is 2.58. The van der Waals surface area contributed by atoms with E-state index in [4.69, 9.17) is 0 Å². The number of hydrogen-bond donors (Lipinski definition) is 2. The van der Waals surface area contributed by atoms with Crippen molar-refractivity contribution in [1.29, 1.82) is 0 Å². The van der Waals surface area contributed by atoms with E-state index in [0.717, 1.165) is 35.3 Å². The smallest absolute Gasteiger partial charge is 0.326 e. The molecule has 0 spiro atoms. The normalized spacial score (nSPS) is 18.5. The standard InChI is InChI=1S/C28H35N3O3S3/c1-20-5-3-4-6-23(20)25-17-21(7-8-24(25)27(32)30-26(28(33)34)11-13-35-2)18-31(37-16-12-29-19-37)22-9-14-36-15-10-22/h3-8,16-17,19,22,26H,9-15,18H2,1-2H3,(H,30,32)(H,33,34)/t26-,37?/m0/s1. The van der Waals surface area contributed by atoms with E-state index in [2.05, 4.69) is 31.6 Å². The molecule has 4 rings (SSSR count). The summed E-state index contributed by atoms with van der Waals surface area (Å²) >= 11 is 3.60. The zero-order chi connectivity index (χ0) is 26.2. The van der Waals surface area contributed by atoms with Crippen molar-refractivity contribution in [3.8, 4) is 11.1 Å². The molecule has 2 aromatic carbocycles. The summed E-state index contributed by atoms with van der Waals surface area (Å²) in [5.41, 5.74) is 6.64. The molecular formula is C28H35N3O3S3. The quantitative estimate of drug-likeness (QED) is 0.364. The molecule has 0 aliphatic carbocycles. The van der Waals surface area contributed by atoms with Gasteiger partial charge in [-0.25, -0.2) is 9.10 Å². The molecule has 0 bridgehead atoms. The predicted octanol–water partition coefficient (Wildman–Crippen LogP) is 5.32. The van der Waals surface area contributed by atoms with Gasteiger partial charge in [-0.1, -0.05) is 41.0 Å². The molecule has 1 saturated heterocycles. The van der Waals surface area contributed by atoms with Crippen LogP contribution in [0.2, 0.25) is 0 Å². The lowest BCUT2D eigenvalue weighted by molar-refractivity contribution is -0.139. The SMILES string of the molecule is CSCC[C@H](NC(=O)c1ccc(CN(C2CCSCC2)S2=CCN=C2)cc1-c1ccccc1C)C(=O)O. The van der Waals surface area contributed by atoms with Gasteiger partial charge in [0.15, 0.2) is 0 Å². The van der Waals surface area contributed by atoms with Crippen LogP contribution in [-0.4, -0.2) is 74.3 Å². The van der Waals surface area contributed by atoms with Crippen LogP contribution in [0.4, 0.5) is 0 Å². The van der Waals surface area contributed by atoms with Crippen molar-refractivity contribution in [1.82, 2.24) is 9.62 Å². The van der Waals surface area contributed by atoms with Crippen LogP contribution in [0.5, 0.6) is 0 Å². The second-order valence-electron chi connectivity index (χ2n) is 9.24. The van der Waals surface area contributed by atoms with Gasteiger partial charge in [0.2, 0.25) is 0 Å². The van der Waals surface area contributed by atoms with Crippen molar-refractivity contribution in [2.24, 2.45) is 4.99 Å². The Labute approximate surface area is 230 Å². The Bertz CT molecular complexity index is 1180. The average molecular weight is 558 g/mol. The fraction of sp³-hybridized carbons (Fsp3) is 0.429. The van der Waals surface area contributed by atoms with E-state index >= 15 is 0 Å². The maximum absolute atomic E-state index is 13.4. The van der Waals surface area contributed by atoms with Crippen LogP contribution < -0.4 is 5.32 Å². The number of thioether (sulfide) groups is 2. The third-order valence-electron chi connectivity index (χ3n) is 6.72. The maximum atomic E-state index is 13.4. The van der Waals surface area contributed by atoms with E-state index in [1.165, 1.54) is 24.3 Å². The van der Waals surface area contributed by atoms with Crippen molar-refractivity contribution in [2.45, 2.75) is 44.8 Å². The monoisotopic (exact) mass is 557 g/mol. The number of aliphatic imine (C=N–C) groups is 1. The van der Waals surface area contributed by atoms with Gasteiger partial charge in [-0.2, -0.15) is 23.5 Å². The number of carboxylic acid groups (broad SMARTS) is 1. The van der Waals surface area contributed by atoms with E-state index in [9.17, 15) is 14.7 Å². The molecule has 0 radical (unpaired) electrons. The molecular weight excluding hydrogens is 523 g/mol. The Morgan fingerprint density at radius 3 is 2.68 bits per heavy atom. The van der Waals surface area contributed by atoms with Gasteiger partial charge in [-0.3, -0.25) is 9.79 Å². The molecule has 2 heterocycles. The summed E-state index contributed by atoms with van der Waals surface area (Å²) in [4.78, 5) is 29.7. The van der Waals surface area contributed by atoms with Gasteiger partial charge in [-0.05, 0) is 89.5 Å². The first-order valence-corrected chi connectivity index (χ1v) is 16.4. The number of carboxylic acids is 1. The van der Waals surface area contributed by atoms with Crippen molar-refractivity contribution in [2.75, 3.05) is 30.1 Å². The fourth-order valence-electron chi connectivity index (χ4n) is 4.68. The molecule has 2 atom stereocenters. The number of amides is 1. The molecule has 37 heavy (non-hydrogen) atoms. The number of benzene rings is 2. The number of aryl methyl sites for hydroxylation is 1. The number of nitrogens with zero attached hydrogens (tertiary/aromatic N) is 2. The minimum atomic E-state index is -1.01. The Hall–Kier alpha value is -2.07. The van der Waals surface area contributed by atoms with Crippen LogP contribution in [0.25, 0.3) is 11.1 Å². The Kier molecular flexibility index (Phi) is 10.3. The van der Waals surface area contributed by atoms with Crippen molar-refractivity contribution in [3.63, 3.8) is 0 Å². The molecule has 198 valence electrons. The van der Waals surface area contributed by atoms with Gasteiger partial charge in [0.05, 0.1) is 12.1 Å². The number of nitrogens with one attached hydrogen (secondary N) is 1. The second kappa shape index (κ2) is 13.6. The number of hydrogen-bond acceptors (Lipinski definition) is 6. The second-order valence-corrected chi connectivity index (χ2v) is 13.2. The third-order valence-corrected chi connectivity index (χ3v) is 10.2. The molecule has 2 aromatic rings. The molecule has 2 aliphatic rings. The molecule has 2 aliphatic heterocycles. The van der Waals surface area contributed by atoms with Gasteiger partial charge < -0.3 is 10.4 Å². The number of carbonyl (C=O) groups excluding carboxylic acids is 1. The van der Waals surface area contributed by atoms with Gasteiger partial charge in [-0.15, -0.1) is 0 Å². The first kappa shape index (κ1) is 28.0. The van der Waals surface area contributed by atoms with Gasteiger partial charge >= 0.3 is 5.97 Å². The van der Waals surface area contributed by atoms with E-state index in [1.54, 1.807) is 11.8 Å². The van der Waals surface area contributed by atoms with E-state index in [0.29, 0.717) is 23.8 Å². The summed E-state index contributed by atoms with van der Waals surface area (Å²) in [6.45, 7) is 3.60. The molecule has 2 N–H and O–H groups in total. The van der Waals surface area contributed by atoms with Gasteiger partial charge in [0.1, 0.15) is 6.04 Å². The van der Waals surface area contributed by atoms with Crippen LogP contribution in [0.1, 0.15) is 40.7 Å². The van der Waals surface area contributed by atoms with Crippen molar-refractivity contribution in [3.05, 3.63) is 59.2 Å². The van der Waals surface area contributed by atoms with E-state index < -0.39 is 12.0 Å². The lowest BCUT2D eigenvalue weighted by Gasteiger charge is -2.34. The minimum Gasteiger partial charge on any atom is -0.480 e. The molecule has 0 aromatic heterocycles. The van der Waals surface area contributed by atoms with E-state index in [-0.39, 0.29) is 16.6 Å². The van der Waals surface area contributed by atoms with Crippen LogP contribution in [0, 0.1) is 6.92 Å². The summed E-state index contributed by atoms with van der Waals surface area (Å²) in [7, 11) is -0.0884.